The van der Waals surface area contributed by atoms with Gasteiger partial charge >= 0.3 is 0 Å². The largest absolute Gasteiger partial charge is 0.386 e. The molecule has 1 amide bonds. The summed E-state index contributed by atoms with van der Waals surface area (Å²) in [6, 6.07) is 4.59. The highest BCUT2D eigenvalue weighted by molar-refractivity contribution is 6.36. The van der Waals surface area contributed by atoms with Crippen molar-refractivity contribution in [3.8, 4) is 0 Å². The van der Waals surface area contributed by atoms with Gasteiger partial charge in [-0.3, -0.25) is 4.79 Å². The number of hydrogen-bond acceptors (Lipinski definition) is 2. The standard InChI is InChI=1S/C15H17Cl2NO2/c1-9(18-15(20)10-5-2-3-6-10)14(19)13-11(16)7-4-8-12(13)17/h2-4,7-10,14,19H,5-6H2,1H3,(H,18,20)/t9-,14-/m0/s1. The normalized spacial score (nSPS) is 18.0. The van der Waals surface area contributed by atoms with Gasteiger partial charge in [0.2, 0.25) is 5.91 Å². The highest BCUT2D eigenvalue weighted by Crippen LogP contribution is 2.32. The fraction of sp³-hybridized carbons (Fsp3) is 0.400. The molecule has 1 aliphatic carbocycles. The molecule has 1 aromatic carbocycles. The van der Waals surface area contributed by atoms with Gasteiger partial charge in [0, 0.05) is 21.5 Å². The minimum atomic E-state index is -0.936. The molecule has 3 nitrogen and oxygen atoms in total. The van der Waals surface area contributed by atoms with E-state index in [-0.39, 0.29) is 11.8 Å². The smallest absolute Gasteiger partial charge is 0.224 e. The molecule has 0 heterocycles. The summed E-state index contributed by atoms with van der Waals surface area (Å²) in [5, 5.41) is 14.0. The third-order valence-corrected chi connectivity index (χ3v) is 4.18. The average molecular weight is 314 g/mol. The second-order valence-electron chi connectivity index (χ2n) is 5.02. The number of aliphatic hydroxyl groups is 1. The molecule has 0 saturated carbocycles. The minimum Gasteiger partial charge on any atom is -0.386 e. The molecule has 0 radical (unpaired) electrons. The lowest BCUT2D eigenvalue weighted by Crippen LogP contribution is -2.40. The molecule has 0 bridgehead atoms. The van der Waals surface area contributed by atoms with Gasteiger partial charge in [-0.15, -0.1) is 0 Å². The lowest BCUT2D eigenvalue weighted by Gasteiger charge is -2.23. The zero-order chi connectivity index (χ0) is 14.7. The molecule has 1 aliphatic rings. The van der Waals surface area contributed by atoms with Crippen LogP contribution in [0.4, 0.5) is 0 Å². The Kier molecular flexibility index (Phi) is 5.08. The molecule has 5 heteroatoms. The van der Waals surface area contributed by atoms with E-state index >= 15 is 0 Å². The molecular formula is C15H17Cl2NO2. The molecule has 2 N–H and O–H groups in total. The zero-order valence-electron chi connectivity index (χ0n) is 11.1. The van der Waals surface area contributed by atoms with Gasteiger partial charge in [0.1, 0.15) is 6.10 Å². The monoisotopic (exact) mass is 313 g/mol. The number of carbonyl (C=O) groups excluding carboxylic acids is 1. The third kappa shape index (κ3) is 3.35. The molecule has 0 aromatic heterocycles. The number of carbonyl (C=O) groups is 1. The molecule has 108 valence electrons. The first kappa shape index (κ1) is 15.4. The van der Waals surface area contributed by atoms with Crippen LogP contribution in [0, 0.1) is 5.92 Å². The molecule has 1 aromatic rings. The summed E-state index contributed by atoms with van der Waals surface area (Å²) in [5.41, 5.74) is 0.452. The van der Waals surface area contributed by atoms with Crippen molar-refractivity contribution < 1.29 is 9.90 Å². The maximum atomic E-state index is 12.0. The second kappa shape index (κ2) is 6.61. The maximum absolute atomic E-state index is 12.0. The van der Waals surface area contributed by atoms with Crippen LogP contribution in [-0.2, 0) is 4.79 Å². The van der Waals surface area contributed by atoms with Gasteiger partial charge in [0.15, 0.2) is 0 Å². The molecule has 2 rings (SSSR count). The molecule has 20 heavy (non-hydrogen) atoms. The van der Waals surface area contributed by atoms with Gasteiger partial charge in [-0.2, -0.15) is 0 Å². The van der Waals surface area contributed by atoms with Gasteiger partial charge in [-0.25, -0.2) is 0 Å². The number of hydrogen-bond donors (Lipinski definition) is 2. The Morgan fingerprint density at radius 1 is 1.30 bits per heavy atom. The Labute approximate surface area is 128 Å². The van der Waals surface area contributed by atoms with Crippen LogP contribution in [0.2, 0.25) is 10.0 Å². The molecule has 0 saturated heterocycles. The lowest BCUT2D eigenvalue weighted by atomic mass is 10.0. The van der Waals surface area contributed by atoms with Crippen molar-refractivity contribution >= 4 is 29.1 Å². The highest BCUT2D eigenvalue weighted by atomic mass is 35.5. The van der Waals surface area contributed by atoms with Gasteiger partial charge in [0.05, 0.1) is 6.04 Å². The second-order valence-corrected chi connectivity index (χ2v) is 5.83. The maximum Gasteiger partial charge on any atom is 0.224 e. The number of allylic oxidation sites excluding steroid dienone is 2. The van der Waals surface area contributed by atoms with Crippen molar-refractivity contribution in [1.82, 2.24) is 5.32 Å². The number of amides is 1. The predicted molar refractivity (Wildman–Crippen MR) is 80.9 cm³/mol. The first-order valence-electron chi connectivity index (χ1n) is 6.58. The van der Waals surface area contributed by atoms with Crippen molar-refractivity contribution in [1.29, 1.82) is 0 Å². The summed E-state index contributed by atoms with van der Waals surface area (Å²) in [5.74, 6) is -0.0870. The van der Waals surface area contributed by atoms with E-state index in [2.05, 4.69) is 5.32 Å². The van der Waals surface area contributed by atoms with E-state index in [4.69, 9.17) is 23.2 Å². The number of nitrogens with one attached hydrogen (secondary N) is 1. The van der Waals surface area contributed by atoms with E-state index in [1.165, 1.54) is 0 Å². The fourth-order valence-electron chi connectivity index (χ4n) is 2.30. The predicted octanol–water partition coefficient (Wildman–Crippen LogP) is 3.50. The lowest BCUT2D eigenvalue weighted by molar-refractivity contribution is -0.126. The van der Waals surface area contributed by atoms with Gasteiger partial charge in [0.25, 0.3) is 0 Å². The summed E-state index contributed by atoms with van der Waals surface area (Å²) in [6.45, 7) is 1.74. The summed E-state index contributed by atoms with van der Waals surface area (Å²) >= 11 is 12.1. The first-order chi connectivity index (χ1) is 9.50. The Bertz CT molecular complexity index is 502. The zero-order valence-corrected chi connectivity index (χ0v) is 12.7. The van der Waals surface area contributed by atoms with Crippen molar-refractivity contribution in [2.45, 2.75) is 31.9 Å². The third-order valence-electron chi connectivity index (χ3n) is 3.52. The molecule has 0 fully saturated rings. The van der Waals surface area contributed by atoms with Crippen LogP contribution in [0.1, 0.15) is 31.4 Å². The molecule has 0 spiro atoms. The van der Waals surface area contributed by atoms with Gasteiger partial charge in [-0.1, -0.05) is 41.4 Å². The number of halogens is 2. The van der Waals surface area contributed by atoms with Crippen LogP contribution < -0.4 is 5.32 Å². The van der Waals surface area contributed by atoms with Crippen LogP contribution in [0.3, 0.4) is 0 Å². The Hall–Kier alpha value is -1.03. The molecule has 0 aliphatic heterocycles. The number of rotatable bonds is 4. The highest BCUT2D eigenvalue weighted by Gasteiger charge is 2.26. The van der Waals surface area contributed by atoms with Crippen molar-refractivity contribution in [3.05, 3.63) is 46.0 Å². The van der Waals surface area contributed by atoms with Crippen molar-refractivity contribution in [2.75, 3.05) is 0 Å². The summed E-state index contributed by atoms with van der Waals surface area (Å²) in [4.78, 5) is 12.0. The minimum absolute atomic E-state index is 0.0358. The summed E-state index contributed by atoms with van der Waals surface area (Å²) < 4.78 is 0. The van der Waals surface area contributed by atoms with E-state index in [0.29, 0.717) is 15.6 Å². The van der Waals surface area contributed by atoms with E-state index in [9.17, 15) is 9.90 Å². The van der Waals surface area contributed by atoms with Crippen LogP contribution in [0.15, 0.2) is 30.4 Å². The summed E-state index contributed by atoms with van der Waals surface area (Å²) in [7, 11) is 0. The Morgan fingerprint density at radius 2 is 1.85 bits per heavy atom. The van der Waals surface area contributed by atoms with Crippen molar-refractivity contribution in [3.63, 3.8) is 0 Å². The van der Waals surface area contributed by atoms with Crippen LogP contribution in [-0.4, -0.2) is 17.1 Å². The van der Waals surface area contributed by atoms with Gasteiger partial charge < -0.3 is 10.4 Å². The van der Waals surface area contributed by atoms with Gasteiger partial charge in [-0.05, 0) is 31.9 Å². The number of benzene rings is 1. The molecule has 0 unspecified atom stereocenters. The van der Waals surface area contributed by atoms with E-state index in [0.717, 1.165) is 12.8 Å². The fourth-order valence-corrected chi connectivity index (χ4v) is 2.92. The average Bonchev–Trinajstić information content (AvgIpc) is 2.92. The summed E-state index contributed by atoms with van der Waals surface area (Å²) in [6.07, 6.45) is 4.56. The quantitative estimate of drug-likeness (QED) is 0.836. The molecular weight excluding hydrogens is 297 g/mol. The first-order valence-corrected chi connectivity index (χ1v) is 7.33. The van der Waals surface area contributed by atoms with Crippen LogP contribution >= 0.6 is 23.2 Å². The Morgan fingerprint density at radius 3 is 2.40 bits per heavy atom. The number of aliphatic hydroxyl groups excluding tert-OH is 1. The molecule has 2 atom stereocenters. The Balaban J connectivity index is 2.05. The van der Waals surface area contributed by atoms with E-state index in [1.54, 1.807) is 25.1 Å². The van der Waals surface area contributed by atoms with Crippen LogP contribution in [0.25, 0.3) is 0 Å². The topological polar surface area (TPSA) is 49.3 Å². The van der Waals surface area contributed by atoms with E-state index in [1.807, 2.05) is 12.2 Å². The van der Waals surface area contributed by atoms with E-state index < -0.39 is 12.1 Å². The SMILES string of the molecule is C[C@H](NC(=O)C1CC=CC1)[C@H](O)c1c(Cl)cccc1Cl. The van der Waals surface area contributed by atoms with Crippen LogP contribution in [0.5, 0.6) is 0 Å². The van der Waals surface area contributed by atoms with Crippen molar-refractivity contribution in [2.24, 2.45) is 5.92 Å².